The van der Waals surface area contributed by atoms with Gasteiger partial charge in [0.25, 0.3) is 0 Å². The van der Waals surface area contributed by atoms with Crippen LogP contribution in [0.25, 0.3) is 0 Å². The van der Waals surface area contributed by atoms with Gasteiger partial charge in [-0.2, -0.15) is 0 Å². The molecular weight excluding hydrogens is 448 g/mol. The lowest BCUT2D eigenvalue weighted by Gasteiger charge is -2.55. The number of imide groups is 2. The minimum Gasteiger partial charge on any atom is -0.372 e. The van der Waals surface area contributed by atoms with Crippen LogP contribution in [-0.2, 0) is 20.7 Å². The molecule has 174 valence electrons. The van der Waals surface area contributed by atoms with E-state index in [9.17, 15) is 14.4 Å². The first kappa shape index (κ1) is 21.9. The Labute approximate surface area is 192 Å². The van der Waals surface area contributed by atoms with Gasteiger partial charge in [0.2, 0.25) is 11.8 Å². The van der Waals surface area contributed by atoms with E-state index in [4.69, 9.17) is 4.74 Å². The summed E-state index contributed by atoms with van der Waals surface area (Å²) in [7, 11) is 0. The van der Waals surface area contributed by atoms with Gasteiger partial charge in [-0.1, -0.05) is 5.92 Å². The van der Waals surface area contributed by atoms with Gasteiger partial charge < -0.3 is 9.64 Å². The molecule has 1 aromatic heterocycles. The lowest BCUT2D eigenvalue weighted by Crippen LogP contribution is -2.75. The van der Waals surface area contributed by atoms with Crippen LogP contribution in [0.1, 0.15) is 30.7 Å². The first-order chi connectivity index (χ1) is 16.2. The van der Waals surface area contributed by atoms with Crippen LogP contribution in [0.4, 0.5) is 19.3 Å². The summed E-state index contributed by atoms with van der Waals surface area (Å²) in [5.74, 6) is 1.29. The molecule has 0 aliphatic carbocycles. The molecule has 2 saturated heterocycles. The number of carbonyl (C=O) groups is 3. The Kier molecular flexibility index (Phi) is 5.06. The van der Waals surface area contributed by atoms with Crippen molar-refractivity contribution in [3.8, 4) is 11.8 Å². The number of benzene rings is 1. The van der Waals surface area contributed by atoms with Crippen molar-refractivity contribution in [2.75, 3.05) is 11.4 Å². The first-order valence-electron chi connectivity index (χ1n) is 10.6. The number of nitrogens with zero attached hydrogens (tertiary/aromatic N) is 3. The Morgan fingerprint density at radius 3 is 2.53 bits per heavy atom. The Hall–Kier alpha value is -3.91. The van der Waals surface area contributed by atoms with Crippen molar-refractivity contribution in [3.05, 3.63) is 53.1 Å². The van der Waals surface area contributed by atoms with E-state index in [1.807, 2.05) is 0 Å². The van der Waals surface area contributed by atoms with Gasteiger partial charge in [0.15, 0.2) is 17.0 Å². The molecule has 0 unspecified atom stereocenters. The van der Waals surface area contributed by atoms with Crippen LogP contribution in [0.15, 0.2) is 24.7 Å². The second-order valence-corrected chi connectivity index (χ2v) is 8.53. The smallest absolute Gasteiger partial charge is 0.328 e. The average molecular weight is 467 g/mol. The Bertz CT molecular complexity index is 1270. The van der Waals surface area contributed by atoms with E-state index >= 15 is 8.78 Å². The van der Waals surface area contributed by atoms with Gasteiger partial charge in [0.1, 0.15) is 5.69 Å². The molecule has 3 aliphatic rings. The molecule has 0 bridgehead atoms. The number of rotatable bonds is 0. The molecule has 1 aromatic carbocycles. The predicted octanol–water partition coefficient (Wildman–Crippen LogP) is 1.05. The van der Waals surface area contributed by atoms with Crippen LogP contribution in [0.5, 0.6) is 0 Å². The largest absolute Gasteiger partial charge is 0.372 e. The van der Waals surface area contributed by atoms with Gasteiger partial charge in [-0.05, 0) is 31.4 Å². The van der Waals surface area contributed by atoms with Crippen LogP contribution in [0.3, 0.4) is 0 Å². The molecule has 2 fully saturated rings. The monoisotopic (exact) mass is 467 g/mol. The van der Waals surface area contributed by atoms with Crippen LogP contribution in [-0.4, -0.2) is 52.6 Å². The number of aromatic nitrogens is 2. The third-order valence-corrected chi connectivity index (χ3v) is 6.36. The Morgan fingerprint density at radius 1 is 1.12 bits per heavy atom. The van der Waals surface area contributed by atoms with Gasteiger partial charge in [-0.3, -0.25) is 25.2 Å². The molecular formula is C23H19F2N5O4. The molecule has 4 heterocycles. The van der Waals surface area contributed by atoms with Crippen molar-refractivity contribution in [1.82, 2.24) is 20.6 Å². The highest BCUT2D eigenvalue weighted by Gasteiger charge is 2.63. The molecule has 11 heteroatoms. The summed E-state index contributed by atoms with van der Waals surface area (Å²) in [6.07, 6.45) is 2.90. The number of morpholine rings is 1. The van der Waals surface area contributed by atoms with E-state index in [0.717, 1.165) is 0 Å². The predicted molar refractivity (Wildman–Crippen MR) is 113 cm³/mol. The minimum absolute atomic E-state index is 0.0438. The lowest BCUT2D eigenvalue weighted by atomic mass is 9.66. The van der Waals surface area contributed by atoms with E-state index in [1.54, 1.807) is 13.8 Å². The third kappa shape index (κ3) is 3.21. The molecule has 2 aromatic rings. The van der Waals surface area contributed by atoms with Crippen molar-refractivity contribution in [1.29, 1.82) is 0 Å². The molecule has 0 radical (unpaired) electrons. The molecule has 9 nitrogen and oxygen atoms in total. The highest BCUT2D eigenvalue weighted by molar-refractivity contribution is 6.20. The van der Waals surface area contributed by atoms with E-state index in [2.05, 4.69) is 32.4 Å². The number of barbiturate groups is 1. The molecule has 4 amide bonds. The Balaban J connectivity index is 1.69. The quantitative estimate of drug-likeness (QED) is 0.440. The molecule has 1 spiro atoms. The number of ether oxygens (including phenoxy) is 1. The van der Waals surface area contributed by atoms with Crippen LogP contribution >= 0.6 is 0 Å². The second-order valence-electron chi connectivity index (χ2n) is 8.53. The number of amides is 4. The SMILES string of the molecule is C[C@H]1CN2c3c(cc(C#Cc4cnccn4)c(F)c3F)CC3(C(=O)NC(=O)NC3=O)[C@@H]2[C@@H](C)O1. The van der Waals surface area contributed by atoms with E-state index in [1.165, 1.54) is 29.6 Å². The number of anilines is 1. The normalized spacial score (nSPS) is 25.0. The number of nitrogens with one attached hydrogen (secondary N) is 2. The third-order valence-electron chi connectivity index (χ3n) is 6.36. The van der Waals surface area contributed by atoms with Crippen molar-refractivity contribution in [2.24, 2.45) is 5.41 Å². The summed E-state index contributed by atoms with van der Waals surface area (Å²) in [4.78, 5) is 47.4. The van der Waals surface area contributed by atoms with Crippen LogP contribution in [0, 0.1) is 28.9 Å². The van der Waals surface area contributed by atoms with E-state index < -0.39 is 47.0 Å². The number of hydrogen-bond acceptors (Lipinski definition) is 7. The number of halogens is 2. The topological polar surface area (TPSA) is 114 Å². The molecule has 0 saturated carbocycles. The number of urea groups is 1. The average Bonchev–Trinajstić information content (AvgIpc) is 2.78. The number of fused-ring (bicyclic) bond motifs is 4. The van der Waals surface area contributed by atoms with Gasteiger partial charge in [-0.15, -0.1) is 0 Å². The summed E-state index contributed by atoms with van der Waals surface area (Å²) >= 11 is 0. The zero-order chi connectivity index (χ0) is 24.2. The fourth-order valence-corrected chi connectivity index (χ4v) is 5.12. The van der Waals surface area contributed by atoms with E-state index in [0.29, 0.717) is 0 Å². The molecule has 34 heavy (non-hydrogen) atoms. The highest BCUT2D eigenvalue weighted by Crippen LogP contribution is 2.48. The number of carbonyl (C=O) groups excluding carboxylic acids is 3. The van der Waals surface area contributed by atoms with Gasteiger partial charge in [0, 0.05) is 25.4 Å². The fourth-order valence-electron chi connectivity index (χ4n) is 5.12. The summed E-state index contributed by atoms with van der Waals surface area (Å²) in [6, 6.07) is -0.567. The molecule has 3 aliphatic heterocycles. The van der Waals surface area contributed by atoms with Gasteiger partial charge >= 0.3 is 6.03 Å². The maximum Gasteiger partial charge on any atom is 0.328 e. The highest BCUT2D eigenvalue weighted by atomic mass is 19.2. The Morgan fingerprint density at radius 2 is 1.85 bits per heavy atom. The van der Waals surface area contributed by atoms with Crippen molar-refractivity contribution < 1.29 is 27.9 Å². The molecule has 5 rings (SSSR count). The van der Waals surface area contributed by atoms with Crippen molar-refractivity contribution in [3.63, 3.8) is 0 Å². The first-order valence-corrected chi connectivity index (χ1v) is 10.6. The van der Waals surface area contributed by atoms with Crippen molar-refractivity contribution in [2.45, 2.75) is 38.5 Å². The van der Waals surface area contributed by atoms with Crippen LogP contribution in [0.2, 0.25) is 0 Å². The van der Waals surface area contributed by atoms with Crippen LogP contribution < -0.4 is 15.5 Å². The number of hydrogen-bond donors (Lipinski definition) is 2. The molecule has 2 N–H and O–H groups in total. The van der Waals surface area contributed by atoms with Gasteiger partial charge in [0.05, 0.1) is 35.7 Å². The second kappa shape index (κ2) is 7.85. The minimum atomic E-state index is -1.79. The summed E-state index contributed by atoms with van der Waals surface area (Å²) in [5, 5.41) is 4.30. The summed E-state index contributed by atoms with van der Waals surface area (Å²) in [6.45, 7) is 3.53. The maximum absolute atomic E-state index is 15.5. The zero-order valence-corrected chi connectivity index (χ0v) is 18.2. The summed E-state index contributed by atoms with van der Waals surface area (Å²) < 4.78 is 36.5. The fraction of sp³-hybridized carbons (Fsp3) is 0.348. The van der Waals surface area contributed by atoms with Crippen molar-refractivity contribution >= 4 is 23.5 Å². The van der Waals surface area contributed by atoms with Gasteiger partial charge in [-0.25, -0.2) is 18.6 Å². The zero-order valence-electron chi connectivity index (χ0n) is 18.2. The molecule has 3 atom stereocenters. The van der Waals surface area contributed by atoms with E-state index in [-0.39, 0.29) is 41.6 Å². The lowest BCUT2D eigenvalue weighted by molar-refractivity contribution is -0.153. The summed E-state index contributed by atoms with van der Waals surface area (Å²) in [5.41, 5.74) is -1.60. The maximum atomic E-state index is 15.5. The standard InChI is InChI=1S/C23H19F2N5O4/c1-11-10-30-18-14(7-13(16(24)17(18)25)3-4-15-9-26-5-6-27-15)8-23(19(30)12(2)34-11)20(31)28-22(33)29-21(23)32/h5-7,9,11-12,19H,8,10H2,1-2H3,(H2,28,29,31,32,33)/t11-,12+,19-/m0/s1.